The maximum atomic E-state index is 11.9. The summed E-state index contributed by atoms with van der Waals surface area (Å²) in [6.07, 6.45) is 1.49. The Labute approximate surface area is 93.3 Å². The Bertz CT molecular complexity index is 517. The van der Waals surface area contributed by atoms with E-state index in [2.05, 4.69) is 10.5 Å². The molecule has 0 atom stereocenters. The first kappa shape index (κ1) is 10.4. The number of aromatic nitrogens is 1. The number of aryl methyl sites for hydroxylation is 2. The molecule has 0 aliphatic heterocycles. The van der Waals surface area contributed by atoms with Crippen molar-refractivity contribution in [1.29, 1.82) is 0 Å². The molecule has 1 N–H and O–H groups in total. The smallest absolute Gasteiger partial charge is 0.256 e. The van der Waals surface area contributed by atoms with Gasteiger partial charge in [-0.15, -0.1) is 0 Å². The van der Waals surface area contributed by atoms with Crippen molar-refractivity contribution in [2.24, 2.45) is 0 Å². The minimum atomic E-state index is -0.149. The Kier molecular flexibility index (Phi) is 2.72. The summed E-state index contributed by atoms with van der Waals surface area (Å²) in [6, 6.07) is 7.42. The zero-order valence-electron chi connectivity index (χ0n) is 9.15. The Morgan fingerprint density at radius 3 is 2.69 bits per heavy atom. The molecule has 0 saturated heterocycles. The molecule has 1 heterocycles. The maximum absolute atomic E-state index is 11.9. The quantitative estimate of drug-likeness (QED) is 0.839. The number of carbonyl (C=O) groups excluding carboxylic acids is 1. The first-order valence-corrected chi connectivity index (χ1v) is 4.97. The van der Waals surface area contributed by atoms with Gasteiger partial charge >= 0.3 is 0 Å². The van der Waals surface area contributed by atoms with Crippen LogP contribution in [-0.4, -0.2) is 11.1 Å². The zero-order valence-corrected chi connectivity index (χ0v) is 9.15. The van der Waals surface area contributed by atoms with Gasteiger partial charge in [-0.2, -0.15) is 0 Å². The summed E-state index contributed by atoms with van der Waals surface area (Å²) in [5, 5.41) is 6.35. The molecule has 2 rings (SSSR count). The molecule has 0 radical (unpaired) electrons. The lowest BCUT2D eigenvalue weighted by molar-refractivity contribution is 0.102. The summed E-state index contributed by atoms with van der Waals surface area (Å²) in [5.41, 5.74) is 2.20. The fraction of sp³-hybridized carbons (Fsp3) is 0.167. The molecule has 4 nitrogen and oxygen atoms in total. The summed E-state index contributed by atoms with van der Waals surface area (Å²) < 4.78 is 4.87. The van der Waals surface area contributed by atoms with Crippen molar-refractivity contribution in [2.75, 3.05) is 5.32 Å². The van der Waals surface area contributed by atoms with Gasteiger partial charge in [0.1, 0.15) is 5.69 Å². The van der Waals surface area contributed by atoms with Crippen LogP contribution in [0.1, 0.15) is 21.7 Å². The van der Waals surface area contributed by atoms with Crippen LogP contribution in [-0.2, 0) is 0 Å². The second-order valence-electron chi connectivity index (χ2n) is 3.56. The Hall–Kier alpha value is -2.10. The highest BCUT2D eigenvalue weighted by Gasteiger charge is 2.11. The number of rotatable bonds is 2. The summed E-state index contributed by atoms with van der Waals surface area (Å²) in [7, 11) is 0. The average Bonchev–Trinajstić information content (AvgIpc) is 2.65. The maximum Gasteiger partial charge on any atom is 0.256 e. The molecule has 1 aromatic carbocycles. The van der Waals surface area contributed by atoms with Crippen molar-refractivity contribution in [2.45, 2.75) is 13.8 Å². The van der Waals surface area contributed by atoms with Gasteiger partial charge in [-0.3, -0.25) is 4.79 Å². The molecule has 0 saturated carbocycles. The third-order valence-electron chi connectivity index (χ3n) is 2.39. The van der Waals surface area contributed by atoms with Gasteiger partial charge in [-0.25, -0.2) is 0 Å². The van der Waals surface area contributed by atoms with Crippen molar-refractivity contribution in [3.8, 4) is 0 Å². The van der Waals surface area contributed by atoms with Gasteiger partial charge < -0.3 is 9.84 Å². The number of anilines is 1. The van der Waals surface area contributed by atoms with Crippen LogP contribution in [0.4, 0.5) is 5.69 Å². The van der Waals surface area contributed by atoms with Crippen LogP contribution in [0.15, 0.2) is 35.0 Å². The number of amides is 1. The van der Waals surface area contributed by atoms with E-state index in [-0.39, 0.29) is 5.91 Å². The number of hydrogen-bond donors (Lipinski definition) is 1. The molecule has 0 aliphatic rings. The van der Waals surface area contributed by atoms with E-state index in [1.807, 2.05) is 25.1 Å². The fourth-order valence-electron chi connectivity index (χ4n) is 1.44. The van der Waals surface area contributed by atoms with Crippen LogP contribution in [0.25, 0.3) is 0 Å². The molecule has 82 valence electrons. The van der Waals surface area contributed by atoms with Crippen LogP contribution < -0.4 is 5.32 Å². The van der Waals surface area contributed by atoms with E-state index in [9.17, 15) is 4.79 Å². The van der Waals surface area contributed by atoms with Gasteiger partial charge in [0.2, 0.25) is 0 Å². The minimum absolute atomic E-state index is 0.149. The monoisotopic (exact) mass is 216 g/mol. The van der Waals surface area contributed by atoms with Crippen LogP contribution in [0.2, 0.25) is 0 Å². The molecular formula is C12H12N2O2. The molecule has 16 heavy (non-hydrogen) atoms. The normalized spacial score (nSPS) is 10.1. The van der Waals surface area contributed by atoms with Crippen LogP contribution in [0.3, 0.4) is 0 Å². The second kappa shape index (κ2) is 4.18. The molecule has 2 aromatic rings. The highest BCUT2D eigenvalue weighted by molar-refractivity contribution is 6.05. The molecule has 0 spiro atoms. The van der Waals surface area contributed by atoms with Crippen molar-refractivity contribution < 1.29 is 9.32 Å². The van der Waals surface area contributed by atoms with Crippen molar-refractivity contribution in [3.05, 3.63) is 47.3 Å². The van der Waals surface area contributed by atoms with Crippen LogP contribution in [0, 0.1) is 13.8 Å². The SMILES string of the molecule is Cc1ccccc1C(=O)Nc1cnoc1C. The lowest BCUT2D eigenvalue weighted by Crippen LogP contribution is -2.13. The molecule has 0 unspecified atom stereocenters. The van der Waals surface area contributed by atoms with Gasteiger partial charge in [0.25, 0.3) is 5.91 Å². The van der Waals surface area contributed by atoms with Crippen molar-refractivity contribution >= 4 is 11.6 Å². The first-order chi connectivity index (χ1) is 7.68. The van der Waals surface area contributed by atoms with Gasteiger partial charge in [-0.1, -0.05) is 23.4 Å². The Morgan fingerprint density at radius 2 is 2.06 bits per heavy atom. The Morgan fingerprint density at radius 1 is 1.31 bits per heavy atom. The average molecular weight is 216 g/mol. The van der Waals surface area contributed by atoms with Gasteiger partial charge in [0.05, 0.1) is 6.20 Å². The van der Waals surface area contributed by atoms with E-state index < -0.39 is 0 Å². The van der Waals surface area contributed by atoms with Gasteiger partial charge in [-0.05, 0) is 25.5 Å². The molecule has 0 aliphatic carbocycles. The second-order valence-corrected chi connectivity index (χ2v) is 3.56. The van der Waals surface area contributed by atoms with E-state index in [1.165, 1.54) is 6.20 Å². The summed E-state index contributed by atoms with van der Waals surface area (Å²) in [4.78, 5) is 11.9. The number of benzene rings is 1. The largest absolute Gasteiger partial charge is 0.359 e. The number of carbonyl (C=O) groups is 1. The third-order valence-corrected chi connectivity index (χ3v) is 2.39. The Balaban J connectivity index is 2.22. The van der Waals surface area contributed by atoms with Crippen LogP contribution in [0.5, 0.6) is 0 Å². The fourth-order valence-corrected chi connectivity index (χ4v) is 1.44. The predicted octanol–water partition coefficient (Wildman–Crippen LogP) is 2.54. The van der Waals surface area contributed by atoms with E-state index in [0.717, 1.165) is 5.56 Å². The topological polar surface area (TPSA) is 55.1 Å². The zero-order chi connectivity index (χ0) is 11.5. The lowest BCUT2D eigenvalue weighted by atomic mass is 10.1. The molecule has 1 aromatic heterocycles. The molecule has 4 heteroatoms. The number of nitrogens with zero attached hydrogens (tertiary/aromatic N) is 1. The van der Waals surface area contributed by atoms with E-state index in [1.54, 1.807) is 13.0 Å². The van der Waals surface area contributed by atoms with E-state index >= 15 is 0 Å². The number of nitrogens with one attached hydrogen (secondary N) is 1. The first-order valence-electron chi connectivity index (χ1n) is 4.97. The third kappa shape index (κ3) is 1.95. The molecule has 1 amide bonds. The van der Waals surface area contributed by atoms with Gasteiger partial charge in [0, 0.05) is 5.56 Å². The predicted molar refractivity (Wildman–Crippen MR) is 60.4 cm³/mol. The van der Waals surface area contributed by atoms with Gasteiger partial charge in [0.15, 0.2) is 5.76 Å². The highest BCUT2D eigenvalue weighted by Crippen LogP contribution is 2.15. The summed E-state index contributed by atoms with van der Waals surface area (Å²) in [6.45, 7) is 3.65. The van der Waals surface area contributed by atoms with E-state index in [0.29, 0.717) is 17.0 Å². The molecule has 0 bridgehead atoms. The van der Waals surface area contributed by atoms with Crippen LogP contribution >= 0.6 is 0 Å². The lowest BCUT2D eigenvalue weighted by Gasteiger charge is -2.05. The molecular weight excluding hydrogens is 204 g/mol. The number of hydrogen-bond acceptors (Lipinski definition) is 3. The summed E-state index contributed by atoms with van der Waals surface area (Å²) >= 11 is 0. The highest BCUT2D eigenvalue weighted by atomic mass is 16.5. The van der Waals surface area contributed by atoms with Crippen molar-refractivity contribution in [1.82, 2.24) is 5.16 Å². The minimum Gasteiger partial charge on any atom is -0.359 e. The summed E-state index contributed by atoms with van der Waals surface area (Å²) in [5.74, 6) is 0.450. The molecule has 0 fully saturated rings. The standard InChI is InChI=1S/C12H12N2O2/c1-8-5-3-4-6-10(8)12(15)14-11-7-13-16-9(11)2/h3-7H,1-2H3,(H,14,15). The van der Waals surface area contributed by atoms with E-state index in [4.69, 9.17) is 4.52 Å². The van der Waals surface area contributed by atoms with Crippen molar-refractivity contribution in [3.63, 3.8) is 0 Å².